The third-order valence-electron chi connectivity index (χ3n) is 3.94. The lowest BCUT2D eigenvalue weighted by Gasteiger charge is -2.06. The molecule has 0 aliphatic rings. The van der Waals surface area contributed by atoms with Gasteiger partial charge in [0, 0.05) is 22.0 Å². The van der Waals surface area contributed by atoms with E-state index in [-0.39, 0.29) is 13.2 Å². The van der Waals surface area contributed by atoms with Crippen LogP contribution in [-0.4, -0.2) is 28.0 Å². The molecular weight excluding hydrogens is 359 g/mol. The maximum Gasteiger partial charge on any atom is 0.330 e. The fourth-order valence-electron chi connectivity index (χ4n) is 2.61. The number of aliphatic hydroxyl groups is 1. The van der Waals surface area contributed by atoms with Crippen LogP contribution in [-0.2, 0) is 22.7 Å². The summed E-state index contributed by atoms with van der Waals surface area (Å²) in [6.45, 7) is 0.0597. The summed E-state index contributed by atoms with van der Waals surface area (Å²) in [6, 6.07) is 9.83. The summed E-state index contributed by atoms with van der Waals surface area (Å²) in [6.07, 6.45) is 2.82. The van der Waals surface area contributed by atoms with Crippen LogP contribution in [0.1, 0.15) is 16.8 Å². The van der Waals surface area contributed by atoms with Crippen molar-refractivity contribution in [2.24, 2.45) is 0 Å². The zero-order chi connectivity index (χ0) is 18.7. The molecule has 0 saturated heterocycles. The van der Waals surface area contributed by atoms with Gasteiger partial charge in [-0.3, -0.25) is 4.68 Å². The summed E-state index contributed by atoms with van der Waals surface area (Å²) in [5, 5.41) is 15.0. The molecule has 134 valence electrons. The Hall–Kier alpha value is -2.70. The Bertz CT molecular complexity index is 998. The lowest BCUT2D eigenvalue weighted by Crippen LogP contribution is -2.04. The molecule has 3 rings (SSSR count). The second-order valence-electron chi connectivity index (χ2n) is 5.64. The molecule has 0 aliphatic heterocycles. The number of carbonyl (C=O) groups is 1. The summed E-state index contributed by atoms with van der Waals surface area (Å²) in [4.78, 5) is 11.4. The third-order valence-corrected chi connectivity index (χ3v) is 4.18. The van der Waals surface area contributed by atoms with E-state index in [1.807, 2.05) is 0 Å². The van der Waals surface area contributed by atoms with Gasteiger partial charge in [-0.2, -0.15) is 5.10 Å². The molecule has 1 heterocycles. The van der Waals surface area contributed by atoms with Crippen molar-refractivity contribution in [2.75, 3.05) is 7.11 Å². The summed E-state index contributed by atoms with van der Waals surface area (Å²) < 4.78 is 20.4. The van der Waals surface area contributed by atoms with Crippen LogP contribution in [0.2, 0.25) is 5.02 Å². The maximum absolute atomic E-state index is 14.1. The van der Waals surface area contributed by atoms with Crippen LogP contribution in [0.5, 0.6) is 0 Å². The molecule has 0 spiro atoms. The highest BCUT2D eigenvalue weighted by atomic mass is 35.5. The van der Waals surface area contributed by atoms with Gasteiger partial charge in [0.25, 0.3) is 0 Å². The first-order chi connectivity index (χ1) is 12.5. The van der Waals surface area contributed by atoms with E-state index in [1.54, 1.807) is 41.1 Å². The Kier molecular flexibility index (Phi) is 5.35. The smallest absolute Gasteiger partial charge is 0.330 e. The number of carbonyl (C=O) groups excluding carboxylic acids is 1. The first-order valence-electron chi connectivity index (χ1n) is 7.82. The maximum atomic E-state index is 14.1. The lowest BCUT2D eigenvalue weighted by molar-refractivity contribution is -0.134. The monoisotopic (exact) mass is 374 g/mol. The minimum atomic E-state index is -0.497. The predicted octanol–water partition coefficient (Wildman–Crippen LogP) is 3.56. The van der Waals surface area contributed by atoms with E-state index in [2.05, 4.69) is 9.84 Å². The van der Waals surface area contributed by atoms with Crippen molar-refractivity contribution in [3.05, 3.63) is 70.1 Å². The molecule has 0 saturated carbocycles. The van der Waals surface area contributed by atoms with Crippen LogP contribution in [0.4, 0.5) is 4.39 Å². The molecule has 5 nitrogen and oxygen atoms in total. The highest BCUT2D eigenvalue weighted by Crippen LogP contribution is 2.24. The molecular formula is C19H16ClFN2O3. The predicted molar refractivity (Wildman–Crippen MR) is 97.2 cm³/mol. The minimum Gasteiger partial charge on any atom is -0.466 e. The van der Waals surface area contributed by atoms with Gasteiger partial charge in [-0.15, -0.1) is 0 Å². The van der Waals surface area contributed by atoms with E-state index in [9.17, 15) is 14.3 Å². The van der Waals surface area contributed by atoms with E-state index >= 15 is 0 Å². The molecule has 0 bridgehead atoms. The topological polar surface area (TPSA) is 64.3 Å². The fraction of sp³-hybridized carbons (Fsp3) is 0.158. The van der Waals surface area contributed by atoms with Crippen molar-refractivity contribution >= 4 is 34.5 Å². The number of esters is 1. The second-order valence-corrected chi connectivity index (χ2v) is 6.08. The number of hydrogen-bond donors (Lipinski definition) is 1. The van der Waals surface area contributed by atoms with E-state index in [0.717, 1.165) is 10.9 Å². The van der Waals surface area contributed by atoms with Gasteiger partial charge < -0.3 is 9.84 Å². The number of halogens is 2. The summed E-state index contributed by atoms with van der Waals surface area (Å²) in [5.74, 6) is -0.922. The fourth-order valence-corrected chi connectivity index (χ4v) is 2.77. The molecule has 1 N–H and O–H groups in total. The summed E-state index contributed by atoms with van der Waals surface area (Å²) >= 11 is 5.80. The molecule has 1 aromatic heterocycles. The quantitative estimate of drug-likeness (QED) is 0.548. The van der Waals surface area contributed by atoms with Gasteiger partial charge in [0.15, 0.2) is 0 Å². The first kappa shape index (κ1) is 18.1. The van der Waals surface area contributed by atoms with E-state index in [4.69, 9.17) is 11.6 Å². The summed E-state index contributed by atoms with van der Waals surface area (Å²) in [7, 11) is 1.29. The van der Waals surface area contributed by atoms with Crippen LogP contribution in [0.15, 0.2) is 42.5 Å². The molecule has 0 radical (unpaired) electrons. The van der Waals surface area contributed by atoms with Crippen LogP contribution < -0.4 is 0 Å². The largest absolute Gasteiger partial charge is 0.466 e. The number of benzene rings is 2. The van der Waals surface area contributed by atoms with Crippen molar-refractivity contribution in [3.8, 4) is 0 Å². The van der Waals surface area contributed by atoms with Gasteiger partial charge in [-0.1, -0.05) is 29.8 Å². The van der Waals surface area contributed by atoms with Crippen LogP contribution in [0, 0.1) is 5.82 Å². The van der Waals surface area contributed by atoms with Crippen molar-refractivity contribution in [1.82, 2.24) is 9.78 Å². The molecule has 0 amide bonds. The molecule has 0 atom stereocenters. The van der Waals surface area contributed by atoms with Crippen molar-refractivity contribution in [3.63, 3.8) is 0 Å². The van der Waals surface area contributed by atoms with Gasteiger partial charge in [0.1, 0.15) is 5.82 Å². The Morgan fingerprint density at radius 3 is 2.85 bits per heavy atom. The molecule has 2 aromatic carbocycles. The van der Waals surface area contributed by atoms with Gasteiger partial charge in [-0.05, 0) is 29.8 Å². The molecule has 3 aromatic rings. The number of rotatable bonds is 5. The third kappa shape index (κ3) is 3.76. The average Bonchev–Trinajstić information content (AvgIpc) is 2.98. The second kappa shape index (κ2) is 7.68. The van der Waals surface area contributed by atoms with Gasteiger partial charge >= 0.3 is 5.97 Å². The molecule has 7 heteroatoms. The molecule has 0 unspecified atom stereocenters. The lowest BCUT2D eigenvalue weighted by atomic mass is 10.1. The van der Waals surface area contributed by atoms with Gasteiger partial charge in [0.2, 0.25) is 0 Å². The average molecular weight is 375 g/mol. The van der Waals surface area contributed by atoms with E-state index < -0.39 is 11.8 Å². The van der Waals surface area contributed by atoms with Crippen molar-refractivity contribution < 1.29 is 19.0 Å². The Morgan fingerprint density at radius 2 is 2.15 bits per heavy atom. The summed E-state index contributed by atoms with van der Waals surface area (Å²) in [5.41, 5.74) is 2.40. The number of methoxy groups -OCH3 is 1. The number of aliphatic hydroxyl groups excluding tert-OH is 1. The number of fused-ring (bicyclic) bond motifs is 1. The van der Waals surface area contributed by atoms with Gasteiger partial charge in [0.05, 0.1) is 31.5 Å². The Balaban J connectivity index is 2.08. The minimum absolute atomic E-state index is 0.121. The highest BCUT2D eigenvalue weighted by molar-refractivity contribution is 6.30. The number of hydrogen-bond acceptors (Lipinski definition) is 4. The SMILES string of the molecule is COC(=O)C=Cc1nn(Cc2ccc(Cl)cc2F)c2cc(CO)ccc12. The van der Waals surface area contributed by atoms with E-state index in [0.29, 0.717) is 21.8 Å². The normalized spacial score (nSPS) is 11.4. The number of ether oxygens (including phenoxy) is 1. The molecule has 0 aliphatic carbocycles. The number of aromatic nitrogens is 2. The molecule has 26 heavy (non-hydrogen) atoms. The van der Waals surface area contributed by atoms with Crippen molar-refractivity contribution in [2.45, 2.75) is 13.2 Å². The standard InChI is InChI=1S/C19H16ClFN2O3/c1-26-19(25)7-6-17-15-5-2-12(11-24)8-18(15)23(22-17)10-13-3-4-14(20)9-16(13)21/h2-9,24H,10-11H2,1H3. The highest BCUT2D eigenvalue weighted by Gasteiger charge is 2.12. The zero-order valence-corrected chi connectivity index (χ0v) is 14.7. The van der Waals surface area contributed by atoms with E-state index in [1.165, 1.54) is 19.3 Å². The van der Waals surface area contributed by atoms with Crippen molar-refractivity contribution in [1.29, 1.82) is 0 Å². The Labute approximate surface area is 154 Å². The van der Waals surface area contributed by atoms with Gasteiger partial charge in [-0.25, -0.2) is 9.18 Å². The number of nitrogens with zero attached hydrogens (tertiary/aromatic N) is 2. The zero-order valence-electron chi connectivity index (χ0n) is 13.9. The first-order valence-corrected chi connectivity index (χ1v) is 8.20. The molecule has 0 fully saturated rings. The van der Waals surface area contributed by atoms with Crippen LogP contribution in [0.25, 0.3) is 17.0 Å². The van der Waals surface area contributed by atoms with Crippen LogP contribution >= 0.6 is 11.6 Å². The Morgan fingerprint density at radius 1 is 1.35 bits per heavy atom. The van der Waals surface area contributed by atoms with Crippen LogP contribution in [0.3, 0.4) is 0 Å².